The number of benzene rings is 2. The molecule has 0 aromatic heterocycles. The summed E-state index contributed by atoms with van der Waals surface area (Å²) >= 11 is 0. The van der Waals surface area contributed by atoms with Crippen LogP contribution in [0.1, 0.15) is 15.9 Å². The first-order valence-corrected chi connectivity index (χ1v) is 7.41. The largest absolute Gasteiger partial charge is 0.496 e. The molecule has 0 fully saturated rings. The van der Waals surface area contributed by atoms with Gasteiger partial charge in [-0.1, -0.05) is 12.1 Å². The summed E-state index contributed by atoms with van der Waals surface area (Å²) < 4.78 is 21.0. The van der Waals surface area contributed by atoms with Crippen molar-refractivity contribution in [2.75, 3.05) is 28.4 Å². The molecule has 7 heteroatoms. The molecule has 0 aliphatic heterocycles. The van der Waals surface area contributed by atoms with E-state index in [1.807, 2.05) is 0 Å². The first kappa shape index (κ1) is 18.1. The summed E-state index contributed by atoms with van der Waals surface area (Å²) in [6, 6.07) is 10.3. The molecule has 132 valence electrons. The molecule has 0 bridgehead atoms. The third-order valence-corrected chi connectivity index (χ3v) is 3.46. The monoisotopic (exact) mass is 344 g/mol. The highest BCUT2D eigenvalue weighted by atomic mass is 16.5. The molecule has 7 nitrogen and oxygen atoms in total. The van der Waals surface area contributed by atoms with Crippen molar-refractivity contribution in [2.45, 2.75) is 0 Å². The van der Waals surface area contributed by atoms with E-state index in [1.165, 1.54) is 27.5 Å². The van der Waals surface area contributed by atoms with Crippen LogP contribution in [-0.4, -0.2) is 40.6 Å². The second kappa shape index (κ2) is 8.58. The van der Waals surface area contributed by atoms with Crippen LogP contribution in [0.3, 0.4) is 0 Å². The molecule has 0 heterocycles. The Kier molecular flexibility index (Phi) is 6.22. The topological polar surface area (TPSA) is 78.4 Å². The summed E-state index contributed by atoms with van der Waals surface area (Å²) in [5.41, 5.74) is 3.48. The standard InChI is InChI=1S/C18H20N2O5/c1-22-14-8-6-5-7-13(14)18(21)20-19-11-12-9-16(24-3)17(25-4)10-15(12)23-2/h5-11H,1-4H3,(H,20,21). The van der Waals surface area contributed by atoms with E-state index in [1.54, 1.807) is 43.5 Å². The van der Waals surface area contributed by atoms with Gasteiger partial charge in [-0.05, 0) is 18.2 Å². The molecule has 0 unspecified atom stereocenters. The van der Waals surface area contributed by atoms with Gasteiger partial charge < -0.3 is 18.9 Å². The maximum Gasteiger partial charge on any atom is 0.275 e. The van der Waals surface area contributed by atoms with Gasteiger partial charge in [0.25, 0.3) is 5.91 Å². The number of amides is 1. The van der Waals surface area contributed by atoms with Crippen LogP contribution >= 0.6 is 0 Å². The highest BCUT2D eigenvalue weighted by molar-refractivity contribution is 5.97. The molecule has 2 aromatic rings. The molecule has 0 atom stereocenters. The van der Waals surface area contributed by atoms with Gasteiger partial charge in [0.05, 0.1) is 40.2 Å². The molecule has 0 saturated carbocycles. The lowest BCUT2D eigenvalue weighted by molar-refractivity contribution is 0.0952. The van der Waals surface area contributed by atoms with Crippen molar-refractivity contribution in [3.05, 3.63) is 47.5 Å². The first-order chi connectivity index (χ1) is 12.1. The second-order valence-electron chi connectivity index (χ2n) is 4.85. The number of hydrazone groups is 1. The molecule has 1 amide bonds. The Morgan fingerprint density at radius 2 is 1.48 bits per heavy atom. The van der Waals surface area contributed by atoms with Crippen molar-refractivity contribution in [2.24, 2.45) is 5.10 Å². The Balaban J connectivity index is 2.20. The van der Waals surface area contributed by atoms with E-state index in [-0.39, 0.29) is 5.91 Å². The maximum absolute atomic E-state index is 12.2. The maximum atomic E-state index is 12.2. The van der Waals surface area contributed by atoms with Crippen LogP contribution in [0.2, 0.25) is 0 Å². The highest BCUT2D eigenvalue weighted by Crippen LogP contribution is 2.33. The number of carbonyl (C=O) groups excluding carboxylic acids is 1. The van der Waals surface area contributed by atoms with Crippen molar-refractivity contribution in [1.29, 1.82) is 0 Å². The fraction of sp³-hybridized carbons (Fsp3) is 0.222. The summed E-state index contributed by atoms with van der Waals surface area (Å²) in [5, 5.41) is 3.98. The van der Waals surface area contributed by atoms with Crippen molar-refractivity contribution in [3.63, 3.8) is 0 Å². The van der Waals surface area contributed by atoms with E-state index in [0.717, 1.165) is 0 Å². The van der Waals surface area contributed by atoms with Crippen LogP contribution in [0.25, 0.3) is 0 Å². The van der Waals surface area contributed by atoms with Crippen LogP contribution < -0.4 is 24.4 Å². The summed E-state index contributed by atoms with van der Waals surface area (Å²) in [4.78, 5) is 12.2. The van der Waals surface area contributed by atoms with E-state index < -0.39 is 0 Å². The smallest absolute Gasteiger partial charge is 0.275 e. The van der Waals surface area contributed by atoms with Gasteiger partial charge in [-0.15, -0.1) is 0 Å². The van der Waals surface area contributed by atoms with Gasteiger partial charge in [0.1, 0.15) is 11.5 Å². The predicted octanol–water partition coefficient (Wildman–Crippen LogP) is 2.48. The van der Waals surface area contributed by atoms with Crippen molar-refractivity contribution < 1.29 is 23.7 Å². The van der Waals surface area contributed by atoms with Crippen LogP contribution in [-0.2, 0) is 0 Å². The zero-order chi connectivity index (χ0) is 18.2. The minimum Gasteiger partial charge on any atom is -0.496 e. The lowest BCUT2D eigenvalue weighted by atomic mass is 10.2. The number of carbonyl (C=O) groups is 1. The number of hydrogen-bond donors (Lipinski definition) is 1. The minimum absolute atomic E-state index is 0.381. The van der Waals surface area contributed by atoms with Gasteiger partial charge in [-0.25, -0.2) is 5.43 Å². The quantitative estimate of drug-likeness (QED) is 0.617. The lowest BCUT2D eigenvalue weighted by Crippen LogP contribution is -2.18. The Morgan fingerprint density at radius 1 is 0.880 bits per heavy atom. The normalized spacial score (nSPS) is 10.4. The van der Waals surface area contributed by atoms with Crippen LogP contribution in [0.15, 0.2) is 41.5 Å². The van der Waals surface area contributed by atoms with Crippen LogP contribution in [0.4, 0.5) is 0 Å². The van der Waals surface area contributed by atoms with Gasteiger partial charge in [0, 0.05) is 11.6 Å². The van der Waals surface area contributed by atoms with Gasteiger partial charge in [0.2, 0.25) is 0 Å². The number of methoxy groups -OCH3 is 4. The average molecular weight is 344 g/mol. The average Bonchev–Trinajstić information content (AvgIpc) is 2.67. The molecule has 0 aliphatic rings. The fourth-order valence-corrected chi connectivity index (χ4v) is 2.21. The van der Waals surface area contributed by atoms with Crippen molar-refractivity contribution in [3.8, 4) is 23.0 Å². The van der Waals surface area contributed by atoms with Gasteiger partial charge in [-0.3, -0.25) is 4.79 Å². The Bertz CT molecular complexity index is 774. The summed E-state index contributed by atoms with van der Waals surface area (Å²) in [6.07, 6.45) is 1.47. The predicted molar refractivity (Wildman–Crippen MR) is 94.2 cm³/mol. The molecule has 0 spiro atoms. The number of nitrogens with zero attached hydrogens (tertiary/aromatic N) is 1. The van der Waals surface area contributed by atoms with Crippen molar-refractivity contribution in [1.82, 2.24) is 5.43 Å². The van der Waals surface area contributed by atoms with E-state index in [9.17, 15) is 4.79 Å². The van der Waals surface area contributed by atoms with E-state index in [4.69, 9.17) is 18.9 Å². The summed E-state index contributed by atoms with van der Waals surface area (Å²) in [5.74, 6) is 1.69. The third kappa shape index (κ3) is 4.20. The van der Waals surface area contributed by atoms with Crippen LogP contribution in [0.5, 0.6) is 23.0 Å². The molecule has 0 saturated heterocycles. The zero-order valence-corrected chi connectivity index (χ0v) is 14.5. The van der Waals surface area contributed by atoms with Gasteiger partial charge in [-0.2, -0.15) is 5.10 Å². The van der Waals surface area contributed by atoms with Gasteiger partial charge in [0.15, 0.2) is 11.5 Å². The summed E-state index contributed by atoms with van der Waals surface area (Å²) in [7, 11) is 6.11. The van der Waals surface area contributed by atoms with E-state index >= 15 is 0 Å². The highest BCUT2D eigenvalue weighted by Gasteiger charge is 2.12. The molecule has 0 aliphatic carbocycles. The molecule has 2 aromatic carbocycles. The third-order valence-electron chi connectivity index (χ3n) is 3.46. The molecular formula is C18H20N2O5. The number of ether oxygens (including phenoxy) is 4. The Hall–Kier alpha value is -3.22. The summed E-state index contributed by atoms with van der Waals surface area (Å²) in [6.45, 7) is 0. The van der Waals surface area contributed by atoms with Crippen LogP contribution in [0, 0.1) is 0 Å². The molecular weight excluding hydrogens is 324 g/mol. The lowest BCUT2D eigenvalue weighted by Gasteiger charge is -2.11. The number of para-hydroxylation sites is 1. The van der Waals surface area contributed by atoms with Gasteiger partial charge >= 0.3 is 0 Å². The molecule has 0 radical (unpaired) electrons. The Morgan fingerprint density at radius 3 is 2.12 bits per heavy atom. The van der Waals surface area contributed by atoms with E-state index in [2.05, 4.69) is 10.5 Å². The molecule has 2 rings (SSSR count). The minimum atomic E-state index is -0.381. The zero-order valence-electron chi connectivity index (χ0n) is 14.5. The second-order valence-corrected chi connectivity index (χ2v) is 4.85. The number of rotatable bonds is 7. The number of nitrogens with one attached hydrogen (secondary N) is 1. The number of hydrogen-bond acceptors (Lipinski definition) is 6. The van der Waals surface area contributed by atoms with Crippen molar-refractivity contribution >= 4 is 12.1 Å². The Labute approximate surface area is 146 Å². The van der Waals surface area contributed by atoms with E-state index in [0.29, 0.717) is 34.1 Å². The fourth-order valence-electron chi connectivity index (χ4n) is 2.21. The molecule has 1 N–H and O–H groups in total. The SMILES string of the molecule is COc1cc(OC)c(OC)cc1C=NNC(=O)c1ccccc1OC. The molecule has 25 heavy (non-hydrogen) atoms. The first-order valence-electron chi connectivity index (χ1n) is 7.41.